The molecular weight excluding hydrogens is 427 g/mol. The van der Waals surface area contributed by atoms with Crippen molar-refractivity contribution < 1.29 is 4.79 Å². The zero-order valence-electron chi connectivity index (χ0n) is 11.9. The van der Waals surface area contributed by atoms with Crippen LogP contribution in [0.3, 0.4) is 0 Å². The molecule has 0 aliphatic heterocycles. The Kier molecular flexibility index (Phi) is 4.92. The summed E-state index contributed by atoms with van der Waals surface area (Å²) < 4.78 is 2.58. The van der Waals surface area contributed by atoms with Gasteiger partial charge in [-0.1, -0.05) is 17.7 Å². The number of benzene rings is 1. The predicted molar refractivity (Wildman–Crippen MR) is 97.7 cm³/mol. The Labute approximate surface area is 151 Å². The fourth-order valence-corrected chi connectivity index (χ4v) is 2.80. The normalized spacial score (nSPS) is 10.5. The molecule has 0 radical (unpaired) electrons. The van der Waals surface area contributed by atoms with E-state index in [4.69, 9.17) is 11.6 Å². The van der Waals surface area contributed by atoms with E-state index in [0.717, 1.165) is 9.13 Å². The van der Waals surface area contributed by atoms with Gasteiger partial charge in [0.05, 0.1) is 12.1 Å². The van der Waals surface area contributed by atoms with Gasteiger partial charge in [-0.3, -0.25) is 14.5 Å². The lowest BCUT2D eigenvalue weighted by Gasteiger charge is -2.05. The van der Waals surface area contributed by atoms with Crippen molar-refractivity contribution in [2.75, 3.05) is 5.32 Å². The molecule has 1 N–H and O–H groups in total. The fraction of sp³-hybridized carbons (Fsp3) is 0.0625. The molecule has 2 heterocycles. The number of anilines is 1. The summed E-state index contributed by atoms with van der Waals surface area (Å²) in [5, 5.41) is 7.65. The van der Waals surface area contributed by atoms with Crippen molar-refractivity contribution in [2.45, 2.75) is 6.54 Å². The van der Waals surface area contributed by atoms with Crippen molar-refractivity contribution in [3.63, 3.8) is 0 Å². The van der Waals surface area contributed by atoms with Crippen LogP contribution in [-0.4, -0.2) is 20.7 Å². The number of carbonyl (C=O) groups excluding carboxylic acids is 1. The third-order valence-electron chi connectivity index (χ3n) is 3.12. The Balaban J connectivity index is 1.71. The highest BCUT2D eigenvalue weighted by Gasteiger charge is 2.12. The van der Waals surface area contributed by atoms with Gasteiger partial charge < -0.3 is 5.32 Å². The van der Waals surface area contributed by atoms with E-state index in [1.54, 1.807) is 41.3 Å². The summed E-state index contributed by atoms with van der Waals surface area (Å²) >= 11 is 8.05. The van der Waals surface area contributed by atoms with Crippen molar-refractivity contribution in [3.05, 3.63) is 74.7 Å². The van der Waals surface area contributed by atoms with E-state index in [0.29, 0.717) is 22.9 Å². The molecule has 2 aromatic heterocycles. The minimum Gasteiger partial charge on any atom is -0.305 e. The predicted octanol–water partition coefficient (Wildman–Crippen LogP) is 3.84. The largest absolute Gasteiger partial charge is 0.305 e. The smallest absolute Gasteiger partial charge is 0.257 e. The topological polar surface area (TPSA) is 59.8 Å². The molecule has 0 bridgehead atoms. The average Bonchev–Trinajstić information content (AvgIpc) is 2.97. The summed E-state index contributed by atoms with van der Waals surface area (Å²) in [6.07, 6.45) is 5.32. The van der Waals surface area contributed by atoms with E-state index in [-0.39, 0.29) is 5.91 Å². The van der Waals surface area contributed by atoms with Gasteiger partial charge in [0.25, 0.3) is 5.91 Å². The lowest BCUT2D eigenvalue weighted by molar-refractivity contribution is 0.102. The minimum absolute atomic E-state index is 0.233. The summed E-state index contributed by atoms with van der Waals surface area (Å²) in [6.45, 7) is 0.596. The molecule has 0 aliphatic rings. The van der Waals surface area contributed by atoms with Gasteiger partial charge in [-0.2, -0.15) is 5.10 Å². The number of halogens is 2. The summed E-state index contributed by atoms with van der Waals surface area (Å²) in [4.78, 5) is 16.4. The number of hydrogen-bond donors (Lipinski definition) is 1. The Bertz CT molecular complexity index is 835. The van der Waals surface area contributed by atoms with Crippen LogP contribution >= 0.6 is 34.2 Å². The molecule has 5 nitrogen and oxygen atoms in total. The number of hydrogen-bond acceptors (Lipinski definition) is 3. The van der Waals surface area contributed by atoms with Crippen LogP contribution in [0.1, 0.15) is 15.9 Å². The van der Waals surface area contributed by atoms with E-state index in [1.165, 1.54) is 0 Å². The molecule has 0 atom stereocenters. The van der Waals surface area contributed by atoms with Gasteiger partial charge in [-0.25, -0.2) is 0 Å². The van der Waals surface area contributed by atoms with Gasteiger partial charge in [-0.05, 0) is 52.4 Å². The monoisotopic (exact) mass is 438 g/mol. The molecular formula is C16H12ClIN4O. The first kappa shape index (κ1) is 15.9. The molecule has 0 spiro atoms. The van der Waals surface area contributed by atoms with Crippen LogP contribution in [0.2, 0.25) is 5.02 Å². The SMILES string of the molecule is O=C(Nc1ccn(Cc2cccnc2)n1)c1cc(Cl)ccc1I. The van der Waals surface area contributed by atoms with Crippen LogP contribution in [0, 0.1) is 3.57 Å². The molecule has 0 unspecified atom stereocenters. The second kappa shape index (κ2) is 7.10. The highest BCUT2D eigenvalue weighted by Crippen LogP contribution is 2.19. The van der Waals surface area contributed by atoms with Crippen LogP contribution in [0.15, 0.2) is 55.0 Å². The van der Waals surface area contributed by atoms with Crippen molar-refractivity contribution >= 4 is 45.9 Å². The van der Waals surface area contributed by atoms with Crippen LogP contribution in [0.4, 0.5) is 5.82 Å². The maximum absolute atomic E-state index is 12.3. The zero-order valence-corrected chi connectivity index (χ0v) is 14.8. The van der Waals surface area contributed by atoms with Crippen molar-refractivity contribution in [1.29, 1.82) is 0 Å². The Morgan fingerprint density at radius 3 is 2.96 bits per heavy atom. The maximum atomic E-state index is 12.3. The first-order valence-electron chi connectivity index (χ1n) is 6.80. The quantitative estimate of drug-likeness (QED) is 0.630. The second-order valence-corrected chi connectivity index (χ2v) is 6.44. The fourth-order valence-electron chi connectivity index (χ4n) is 2.05. The van der Waals surface area contributed by atoms with Crippen LogP contribution in [-0.2, 0) is 6.54 Å². The molecule has 1 amide bonds. The summed E-state index contributed by atoms with van der Waals surface area (Å²) in [5.74, 6) is 0.262. The van der Waals surface area contributed by atoms with E-state index >= 15 is 0 Å². The number of aromatic nitrogens is 3. The van der Waals surface area contributed by atoms with Gasteiger partial charge in [0.15, 0.2) is 5.82 Å². The van der Waals surface area contributed by atoms with E-state index < -0.39 is 0 Å². The van der Waals surface area contributed by atoms with Crippen LogP contribution in [0.5, 0.6) is 0 Å². The van der Waals surface area contributed by atoms with Gasteiger partial charge in [0.2, 0.25) is 0 Å². The molecule has 0 saturated carbocycles. The van der Waals surface area contributed by atoms with Gasteiger partial charge in [0, 0.05) is 33.2 Å². The lowest BCUT2D eigenvalue weighted by atomic mass is 10.2. The number of amides is 1. The first-order valence-corrected chi connectivity index (χ1v) is 8.26. The molecule has 1 aromatic carbocycles. The third kappa shape index (κ3) is 4.08. The summed E-state index contributed by atoms with van der Waals surface area (Å²) in [5.41, 5.74) is 1.57. The highest BCUT2D eigenvalue weighted by molar-refractivity contribution is 14.1. The zero-order chi connectivity index (χ0) is 16.2. The molecule has 3 aromatic rings. The van der Waals surface area contributed by atoms with Crippen molar-refractivity contribution in [3.8, 4) is 0 Å². The van der Waals surface area contributed by atoms with E-state index in [1.807, 2.05) is 18.3 Å². The Morgan fingerprint density at radius 2 is 2.17 bits per heavy atom. The Hall–Kier alpha value is -1.93. The number of carbonyl (C=O) groups is 1. The summed E-state index contributed by atoms with van der Waals surface area (Å²) in [7, 11) is 0. The number of pyridine rings is 1. The molecule has 23 heavy (non-hydrogen) atoms. The molecule has 0 saturated heterocycles. The first-order chi connectivity index (χ1) is 11.1. The number of nitrogens with zero attached hydrogens (tertiary/aromatic N) is 3. The van der Waals surface area contributed by atoms with Gasteiger partial charge >= 0.3 is 0 Å². The van der Waals surface area contributed by atoms with Gasteiger partial charge in [-0.15, -0.1) is 0 Å². The van der Waals surface area contributed by atoms with Crippen molar-refractivity contribution in [2.24, 2.45) is 0 Å². The Morgan fingerprint density at radius 1 is 1.30 bits per heavy atom. The molecule has 0 fully saturated rings. The maximum Gasteiger partial charge on any atom is 0.257 e. The standard InChI is InChI=1S/C16H12ClIN4O/c17-12-3-4-14(18)13(8-12)16(23)20-15-5-7-22(21-15)10-11-2-1-6-19-9-11/h1-9H,10H2,(H,20,21,23). The van der Waals surface area contributed by atoms with Crippen molar-refractivity contribution in [1.82, 2.24) is 14.8 Å². The summed E-state index contributed by atoms with van der Waals surface area (Å²) in [6, 6.07) is 10.8. The lowest BCUT2D eigenvalue weighted by Crippen LogP contribution is -2.14. The number of nitrogens with one attached hydrogen (secondary N) is 1. The average molecular weight is 439 g/mol. The molecule has 3 rings (SSSR count). The minimum atomic E-state index is -0.233. The van der Waals surface area contributed by atoms with Crippen LogP contribution < -0.4 is 5.32 Å². The number of rotatable bonds is 4. The van der Waals surface area contributed by atoms with Gasteiger partial charge in [0.1, 0.15) is 0 Å². The van der Waals surface area contributed by atoms with Crippen LogP contribution in [0.25, 0.3) is 0 Å². The second-order valence-electron chi connectivity index (χ2n) is 4.84. The molecule has 7 heteroatoms. The highest BCUT2D eigenvalue weighted by atomic mass is 127. The van der Waals surface area contributed by atoms with E-state index in [9.17, 15) is 4.79 Å². The molecule has 0 aliphatic carbocycles. The molecule has 116 valence electrons. The third-order valence-corrected chi connectivity index (χ3v) is 4.30. The van der Waals surface area contributed by atoms with E-state index in [2.05, 4.69) is 38.0 Å².